The first kappa shape index (κ1) is 16.8. The molecule has 0 spiro atoms. The van der Waals surface area contributed by atoms with Gasteiger partial charge in [-0.1, -0.05) is 22.9 Å². The number of hydrogen-bond donors (Lipinski definition) is 2. The molecular weight excluding hydrogens is 348 g/mol. The van der Waals surface area contributed by atoms with E-state index >= 15 is 0 Å². The van der Waals surface area contributed by atoms with Gasteiger partial charge < -0.3 is 10.6 Å². The Kier molecular flexibility index (Phi) is 6.58. The van der Waals surface area contributed by atoms with Gasteiger partial charge in [0.2, 0.25) is 5.91 Å². The van der Waals surface area contributed by atoms with Crippen molar-refractivity contribution in [3.05, 3.63) is 28.7 Å². The summed E-state index contributed by atoms with van der Waals surface area (Å²) in [5, 5.41) is 6.86. The average Bonchev–Trinajstić information content (AvgIpc) is 2.47. The number of nitrogens with one attached hydrogen (secondary N) is 2. The van der Waals surface area contributed by atoms with Crippen molar-refractivity contribution in [3.8, 4) is 0 Å². The fourth-order valence-electron chi connectivity index (χ4n) is 2.55. The second-order valence-electron chi connectivity index (χ2n) is 5.70. The van der Waals surface area contributed by atoms with E-state index in [4.69, 9.17) is 0 Å². The highest BCUT2D eigenvalue weighted by molar-refractivity contribution is 9.10. The normalized spacial score (nSPS) is 23.6. The first-order chi connectivity index (χ1) is 10.0. The number of benzene rings is 1. The van der Waals surface area contributed by atoms with E-state index < -0.39 is 0 Å². The SMILES string of the molecule is CC(CNC(=O)[C@H]1CCN[C@@H](C)C1)Sc1ccc(Br)cc1. The number of hydrogen-bond acceptors (Lipinski definition) is 3. The van der Waals surface area contributed by atoms with E-state index in [9.17, 15) is 4.79 Å². The van der Waals surface area contributed by atoms with Crippen LogP contribution in [0.3, 0.4) is 0 Å². The maximum atomic E-state index is 12.2. The van der Waals surface area contributed by atoms with Crippen molar-refractivity contribution in [2.75, 3.05) is 13.1 Å². The highest BCUT2D eigenvalue weighted by Gasteiger charge is 2.24. The van der Waals surface area contributed by atoms with Crippen LogP contribution < -0.4 is 10.6 Å². The van der Waals surface area contributed by atoms with Crippen molar-refractivity contribution in [2.45, 2.75) is 42.9 Å². The molecule has 2 N–H and O–H groups in total. The fourth-order valence-corrected chi connectivity index (χ4v) is 3.73. The molecule has 1 aliphatic rings. The lowest BCUT2D eigenvalue weighted by atomic mass is 9.92. The minimum atomic E-state index is 0.172. The Morgan fingerprint density at radius 1 is 1.48 bits per heavy atom. The topological polar surface area (TPSA) is 41.1 Å². The lowest BCUT2D eigenvalue weighted by Gasteiger charge is -2.27. The Labute approximate surface area is 139 Å². The van der Waals surface area contributed by atoms with Gasteiger partial charge >= 0.3 is 0 Å². The molecule has 2 rings (SSSR count). The molecule has 0 bridgehead atoms. The van der Waals surface area contributed by atoms with Gasteiger partial charge in [0.05, 0.1) is 0 Å². The molecule has 1 aromatic carbocycles. The van der Waals surface area contributed by atoms with Crippen LogP contribution in [0.25, 0.3) is 0 Å². The number of carbonyl (C=O) groups excluding carboxylic acids is 1. The van der Waals surface area contributed by atoms with Gasteiger partial charge in [-0.25, -0.2) is 0 Å². The van der Waals surface area contributed by atoms with Crippen LogP contribution in [-0.2, 0) is 4.79 Å². The standard InChI is InChI=1S/C16H23BrN2OS/c1-11-9-13(7-8-18-11)16(20)19-10-12(2)21-15-5-3-14(17)4-6-15/h3-6,11-13,18H,7-10H2,1-2H3,(H,19,20)/t11-,12?,13-/m0/s1. The Balaban J connectivity index is 1.74. The summed E-state index contributed by atoms with van der Waals surface area (Å²) in [6.45, 7) is 5.96. The van der Waals surface area contributed by atoms with Gasteiger partial charge in [0, 0.05) is 33.1 Å². The van der Waals surface area contributed by atoms with Crippen molar-refractivity contribution >= 4 is 33.6 Å². The summed E-state index contributed by atoms with van der Waals surface area (Å²) in [6.07, 6.45) is 1.89. The van der Waals surface area contributed by atoms with E-state index in [1.54, 1.807) is 11.8 Å². The second-order valence-corrected chi connectivity index (χ2v) is 8.13. The third-order valence-corrected chi connectivity index (χ3v) is 5.35. The first-order valence-electron chi connectivity index (χ1n) is 7.48. The summed E-state index contributed by atoms with van der Waals surface area (Å²) >= 11 is 5.23. The van der Waals surface area contributed by atoms with Crippen LogP contribution in [0.1, 0.15) is 26.7 Å². The van der Waals surface area contributed by atoms with E-state index in [1.165, 1.54) is 4.90 Å². The minimum absolute atomic E-state index is 0.172. The van der Waals surface area contributed by atoms with Crippen LogP contribution in [0.2, 0.25) is 0 Å². The Hall–Kier alpha value is -0.520. The van der Waals surface area contributed by atoms with Crippen LogP contribution in [0.5, 0.6) is 0 Å². The lowest BCUT2D eigenvalue weighted by Crippen LogP contribution is -2.43. The van der Waals surface area contributed by atoms with E-state index in [1.807, 2.05) is 12.1 Å². The molecule has 21 heavy (non-hydrogen) atoms. The summed E-state index contributed by atoms with van der Waals surface area (Å²) in [4.78, 5) is 13.4. The minimum Gasteiger partial charge on any atom is -0.355 e. The molecule has 1 heterocycles. The number of amides is 1. The number of halogens is 1. The van der Waals surface area contributed by atoms with Crippen LogP contribution >= 0.6 is 27.7 Å². The molecule has 1 aromatic rings. The lowest BCUT2D eigenvalue weighted by molar-refractivity contribution is -0.126. The second kappa shape index (κ2) is 8.20. The third kappa shape index (κ3) is 5.64. The summed E-state index contributed by atoms with van der Waals surface area (Å²) in [5.74, 6) is 0.387. The van der Waals surface area contributed by atoms with Gasteiger partial charge in [0.15, 0.2) is 0 Å². The summed E-state index contributed by atoms with van der Waals surface area (Å²) in [7, 11) is 0. The molecule has 5 heteroatoms. The number of carbonyl (C=O) groups is 1. The van der Waals surface area contributed by atoms with E-state index in [-0.39, 0.29) is 11.8 Å². The Morgan fingerprint density at radius 3 is 2.86 bits per heavy atom. The molecule has 1 unspecified atom stereocenters. The monoisotopic (exact) mass is 370 g/mol. The predicted molar refractivity (Wildman–Crippen MR) is 92.7 cm³/mol. The van der Waals surface area contributed by atoms with Crippen molar-refractivity contribution in [1.29, 1.82) is 0 Å². The summed E-state index contributed by atoms with van der Waals surface area (Å²) in [6, 6.07) is 8.74. The van der Waals surface area contributed by atoms with Crippen LogP contribution in [0, 0.1) is 5.92 Å². The molecule has 0 aliphatic carbocycles. The van der Waals surface area contributed by atoms with Gasteiger partial charge in [0.25, 0.3) is 0 Å². The van der Waals surface area contributed by atoms with E-state index in [0.717, 1.165) is 30.4 Å². The molecule has 3 atom stereocenters. The summed E-state index contributed by atoms with van der Waals surface area (Å²) < 4.78 is 1.09. The predicted octanol–water partition coefficient (Wildman–Crippen LogP) is 3.43. The smallest absolute Gasteiger partial charge is 0.223 e. The molecule has 1 amide bonds. The number of rotatable bonds is 5. The van der Waals surface area contributed by atoms with Crippen molar-refractivity contribution in [2.24, 2.45) is 5.92 Å². The molecule has 116 valence electrons. The van der Waals surface area contributed by atoms with Gasteiger partial charge in [-0.2, -0.15) is 0 Å². The largest absolute Gasteiger partial charge is 0.355 e. The first-order valence-corrected chi connectivity index (χ1v) is 9.15. The van der Waals surface area contributed by atoms with E-state index in [0.29, 0.717) is 11.3 Å². The Bertz CT molecular complexity index is 466. The molecule has 0 saturated carbocycles. The third-order valence-electron chi connectivity index (χ3n) is 3.71. The zero-order valence-corrected chi connectivity index (χ0v) is 15.0. The van der Waals surface area contributed by atoms with Crippen LogP contribution in [0.15, 0.2) is 33.6 Å². The Morgan fingerprint density at radius 2 is 2.19 bits per heavy atom. The fraction of sp³-hybridized carbons (Fsp3) is 0.562. The van der Waals surface area contributed by atoms with Gasteiger partial charge in [0.1, 0.15) is 0 Å². The molecule has 1 saturated heterocycles. The van der Waals surface area contributed by atoms with Gasteiger partial charge in [-0.3, -0.25) is 4.79 Å². The maximum absolute atomic E-state index is 12.2. The summed E-state index contributed by atoms with van der Waals surface area (Å²) in [5.41, 5.74) is 0. The van der Waals surface area contributed by atoms with Crippen molar-refractivity contribution in [1.82, 2.24) is 10.6 Å². The highest BCUT2D eigenvalue weighted by atomic mass is 79.9. The van der Waals surface area contributed by atoms with E-state index in [2.05, 4.69) is 52.5 Å². The number of thioether (sulfide) groups is 1. The average molecular weight is 371 g/mol. The quantitative estimate of drug-likeness (QED) is 0.780. The molecule has 0 aromatic heterocycles. The van der Waals surface area contributed by atoms with Crippen LogP contribution in [-0.4, -0.2) is 30.3 Å². The van der Waals surface area contributed by atoms with Gasteiger partial charge in [-0.05, 0) is 50.6 Å². The molecule has 1 aliphatic heterocycles. The zero-order valence-electron chi connectivity index (χ0n) is 12.6. The molecular formula is C16H23BrN2OS. The zero-order chi connectivity index (χ0) is 15.2. The van der Waals surface area contributed by atoms with Gasteiger partial charge in [-0.15, -0.1) is 11.8 Å². The maximum Gasteiger partial charge on any atom is 0.223 e. The highest BCUT2D eigenvalue weighted by Crippen LogP contribution is 2.24. The van der Waals surface area contributed by atoms with Crippen molar-refractivity contribution in [3.63, 3.8) is 0 Å². The molecule has 0 radical (unpaired) electrons. The van der Waals surface area contributed by atoms with Crippen molar-refractivity contribution < 1.29 is 4.79 Å². The number of piperidine rings is 1. The molecule has 1 fully saturated rings. The van der Waals surface area contributed by atoms with Crippen LogP contribution in [0.4, 0.5) is 0 Å². The molecule has 3 nitrogen and oxygen atoms in total.